The number of aryl methyl sites for hydroxylation is 2. The number of hydrogen-bond donors (Lipinski definition) is 1. The second kappa shape index (κ2) is 21.3. The van der Waals surface area contributed by atoms with Crippen LogP contribution in [0.2, 0.25) is 0 Å². The first-order valence-electron chi connectivity index (χ1n) is 17.0. The van der Waals surface area contributed by atoms with Crippen LogP contribution in [0.5, 0.6) is 0 Å². The minimum absolute atomic E-state index is 0.0730. The summed E-state index contributed by atoms with van der Waals surface area (Å²) in [5.41, 5.74) is 2.42. The minimum Gasteiger partial charge on any atom is -0.282 e. The molecular formula is C36H60O3S. The van der Waals surface area contributed by atoms with Gasteiger partial charge >= 0.3 is 0 Å². The molecule has 0 aromatic heterocycles. The van der Waals surface area contributed by atoms with Crippen molar-refractivity contribution in [2.24, 2.45) is 0 Å². The van der Waals surface area contributed by atoms with Gasteiger partial charge in [-0.2, -0.15) is 8.42 Å². The van der Waals surface area contributed by atoms with Crippen molar-refractivity contribution in [1.29, 1.82) is 0 Å². The van der Waals surface area contributed by atoms with Gasteiger partial charge in [0.1, 0.15) is 4.90 Å². The minimum atomic E-state index is -4.27. The van der Waals surface area contributed by atoms with Gasteiger partial charge in [-0.15, -0.1) is 0 Å². The fourth-order valence-electron chi connectivity index (χ4n) is 6.13. The lowest BCUT2D eigenvalue weighted by molar-refractivity contribution is 0.484. The van der Waals surface area contributed by atoms with Gasteiger partial charge in [-0.3, -0.25) is 4.55 Å². The molecule has 0 saturated heterocycles. The molecule has 0 atom stereocenters. The molecular weight excluding hydrogens is 512 g/mol. The van der Waals surface area contributed by atoms with E-state index in [1.807, 2.05) is 24.3 Å². The van der Waals surface area contributed by atoms with E-state index >= 15 is 0 Å². The van der Waals surface area contributed by atoms with Gasteiger partial charge in [0.2, 0.25) is 0 Å². The molecule has 4 heteroatoms. The molecule has 0 aliphatic carbocycles. The van der Waals surface area contributed by atoms with Crippen LogP contribution in [-0.2, 0) is 23.0 Å². The molecule has 2 aromatic carbocycles. The highest BCUT2D eigenvalue weighted by Gasteiger charge is 2.19. The lowest BCUT2D eigenvalue weighted by Crippen LogP contribution is -2.05. The summed E-state index contributed by atoms with van der Waals surface area (Å²) in [5, 5.41) is 1.66. The number of rotatable bonds is 25. The fourth-order valence-corrected chi connectivity index (χ4v) is 6.88. The highest BCUT2D eigenvalue weighted by atomic mass is 32.2. The molecule has 0 aliphatic rings. The van der Waals surface area contributed by atoms with Gasteiger partial charge in [-0.1, -0.05) is 167 Å². The second-order valence-electron chi connectivity index (χ2n) is 12.1. The third-order valence-corrected chi connectivity index (χ3v) is 9.46. The van der Waals surface area contributed by atoms with Crippen molar-refractivity contribution >= 4 is 20.9 Å². The summed E-state index contributed by atoms with van der Waals surface area (Å²) >= 11 is 0. The van der Waals surface area contributed by atoms with Crippen molar-refractivity contribution < 1.29 is 13.0 Å². The van der Waals surface area contributed by atoms with E-state index in [-0.39, 0.29) is 4.90 Å². The van der Waals surface area contributed by atoms with Crippen LogP contribution < -0.4 is 0 Å². The molecule has 1 N–H and O–H groups in total. The van der Waals surface area contributed by atoms with Crippen LogP contribution in [0.1, 0.15) is 166 Å². The van der Waals surface area contributed by atoms with Crippen LogP contribution in [0.3, 0.4) is 0 Å². The van der Waals surface area contributed by atoms with Crippen molar-refractivity contribution in [2.45, 2.75) is 173 Å². The Morgan fingerprint density at radius 1 is 0.525 bits per heavy atom. The van der Waals surface area contributed by atoms with Crippen molar-refractivity contribution in [3.8, 4) is 0 Å². The summed E-state index contributed by atoms with van der Waals surface area (Å²) in [6.45, 7) is 4.54. The van der Waals surface area contributed by atoms with E-state index in [0.29, 0.717) is 5.39 Å². The van der Waals surface area contributed by atoms with E-state index in [1.165, 1.54) is 134 Å². The summed E-state index contributed by atoms with van der Waals surface area (Å²) in [5.74, 6) is 0. The van der Waals surface area contributed by atoms with Gasteiger partial charge < -0.3 is 0 Å². The normalized spacial score (nSPS) is 12.0. The lowest BCUT2D eigenvalue weighted by atomic mass is 9.91. The Morgan fingerprint density at radius 3 is 1.32 bits per heavy atom. The number of hydrogen-bond acceptors (Lipinski definition) is 2. The van der Waals surface area contributed by atoms with Crippen LogP contribution in [0.25, 0.3) is 10.8 Å². The topological polar surface area (TPSA) is 54.4 Å². The zero-order valence-corrected chi connectivity index (χ0v) is 26.8. The SMILES string of the molecule is CCCCCCCCCCCCCc1cc(S(=O)(=O)O)c2ccccc2c1CCCCCCCCCCCCC. The summed E-state index contributed by atoms with van der Waals surface area (Å²) in [4.78, 5) is 0.0730. The molecule has 3 nitrogen and oxygen atoms in total. The molecule has 0 heterocycles. The predicted octanol–water partition coefficient (Wildman–Crippen LogP) is 11.8. The van der Waals surface area contributed by atoms with Crippen molar-refractivity contribution in [1.82, 2.24) is 0 Å². The van der Waals surface area contributed by atoms with E-state index in [0.717, 1.165) is 36.6 Å². The maximum absolute atomic E-state index is 12.3. The standard InChI is InChI=1S/C36H60O3S/c1-3-5-7-9-11-13-15-17-19-21-23-27-32-31-36(40(37,38)39)35-30-26-25-29-34(35)33(32)28-24-22-20-18-16-14-12-10-8-6-4-2/h25-26,29-31H,3-24,27-28H2,1-2H3,(H,37,38,39). The van der Waals surface area contributed by atoms with Crippen molar-refractivity contribution in [3.05, 3.63) is 41.5 Å². The van der Waals surface area contributed by atoms with Crippen LogP contribution in [0.15, 0.2) is 35.2 Å². The third kappa shape index (κ3) is 14.0. The maximum atomic E-state index is 12.3. The Bertz CT molecular complexity index is 1030. The monoisotopic (exact) mass is 572 g/mol. The quantitative estimate of drug-likeness (QED) is 0.0950. The summed E-state index contributed by atoms with van der Waals surface area (Å²) < 4.78 is 34.6. The molecule has 0 radical (unpaired) electrons. The Morgan fingerprint density at radius 2 is 0.900 bits per heavy atom. The van der Waals surface area contributed by atoms with Crippen LogP contribution in [0, 0.1) is 0 Å². The number of unbranched alkanes of at least 4 members (excludes halogenated alkanes) is 20. The zero-order chi connectivity index (χ0) is 28.9. The molecule has 40 heavy (non-hydrogen) atoms. The van der Waals surface area contributed by atoms with Gasteiger partial charge in [0.25, 0.3) is 10.1 Å². The first kappa shape index (κ1) is 34.8. The predicted molar refractivity (Wildman–Crippen MR) is 174 cm³/mol. The Labute approximate surface area is 247 Å². The third-order valence-electron chi connectivity index (χ3n) is 8.57. The van der Waals surface area contributed by atoms with E-state index in [1.54, 1.807) is 6.07 Å². The van der Waals surface area contributed by atoms with E-state index < -0.39 is 10.1 Å². The largest absolute Gasteiger partial charge is 0.295 e. The van der Waals surface area contributed by atoms with E-state index in [4.69, 9.17) is 0 Å². The van der Waals surface area contributed by atoms with Crippen LogP contribution in [0.4, 0.5) is 0 Å². The smallest absolute Gasteiger partial charge is 0.282 e. The second-order valence-corrected chi connectivity index (χ2v) is 13.5. The average Bonchev–Trinajstić information content (AvgIpc) is 2.94. The molecule has 0 saturated carbocycles. The maximum Gasteiger partial charge on any atom is 0.295 e. The van der Waals surface area contributed by atoms with Crippen molar-refractivity contribution in [3.63, 3.8) is 0 Å². The molecule has 0 unspecified atom stereocenters. The number of fused-ring (bicyclic) bond motifs is 1. The first-order valence-corrected chi connectivity index (χ1v) is 18.4. The van der Waals surface area contributed by atoms with Gasteiger partial charge in [0, 0.05) is 5.39 Å². The Hall–Kier alpha value is -1.39. The molecule has 228 valence electrons. The molecule has 0 bridgehead atoms. The summed E-state index contributed by atoms with van der Waals surface area (Å²) in [7, 11) is -4.27. The summed E-state index contributed by atoms with van der Waals surface area (Å²) in [6.07, 6.45) is 30.7. The van der Waals surface area contributed by atoms with E-state index in [2.05, 4.69) is 13.8 Å². The highest BCUT2D eigenvalue weighted by molar-refractivity contribution is 7.86. The summed E-state index contributed by atoms with van der Waals surface area (Å²) in [6, 6.07) is 9.52. The van der Waals surface area contributed by atoms with E-state index in [9.17, 15) is 13.0 Å². The van der Waals surface area contributed by atoms with Crippen LogP contribution in [-0.4, -0.2) is 13.0 Å². The number of benzene rings is 2. The van der Waals surface area contributed by atoms with Gasteiger partial charge in [-0.05, 0) is 48.3 Å². The zero-order valence-electron chi connectivity index (χ0n) is 26.0. The molecule has 0 fully saturated rings. The Balaban J connectivity index is 1.87. The van der Waals surface area contributed by atoms with Gasteiger partial charge in [0.15, 0.2) is 0 Å². The van der Waals surface area contributed by atoms with Gasteiger partial charge in [0.05, 0.1) is 0 Å². The molecule has 2 rings (SSSR count). The average molecular weight is 573 g/mol. The Kier molecular flexibility index (Phi) is 18.6. The molecule has 0 spiro atoms. The molecule has 2 aromatic rings. The molecule has 0 aliphatic heterocycles. The lowest BCUT2D eigenvalue weighted by Gasteiger charge is -2.16. The first-order chi connectivity index (χ1) is 19.5. The van der Waals surface area contributed by atoms with Crippen molar-refractivity contribution in [2.75, 3.05) is 0 Å². The van der Waals surface area contributed by atoms with Gasteiger partial charge in [-0.25, -0.2) is 0 Å². The highest BCUT2D eigenvalue weighted by Crippen LogP contribution is 2.32. The molecule has 0 amide bonds. The fraction of sp³-hybridized carbons (Fsp3) is 0.722. The van der Waals surface area contributed by atoms with Crippen LogP contribution >= 0.6 is 0 Å².